The molecule has 0 aromatic carbocycles. The number of hydrogen-bond donors (Lipinski definition) is 2. The number of nitrogens with one attached hydrogen (secondary N) is 1. The average Bonchev–Trinajstić information content (AvgIpc) is 2.35. The van der Waals surface area contributed by atoms with Crippen molar-refractivity contribution in [3.05, 3.63) is 0 Å². The van der Waals surface area contributed by atoms with E-state index in [9.17, 15) is 4.79 Å². The monoisotopic (exact) mass is 321 g/mol. The number of hydrogen-bond acceptors (Lipinski definition) is 4. The van der Waals surface area contributed by atoms with Crippen LogP contribution in [0, 0.1) is 5.92 Å². The molecule has 6 heteroatoms. The summed E-state index contributed by atoms with van der Waals surface area (Å²) in [5.74, 6) is 0.573. The van der Waals surface area contributed by atoms with Crippen LogP contribution in [-0.2, 0) is 9.53 Å². The molecular weight excluding hydrogens is 290 g/mol. The van der Waals surface area contributed by atoms with Gasteiger partial charge in [0.15, 0.2) is 0 Å². The molecule has 0 spiro atoms. The van der Waals surface area contributed by atoms with Crippen LogP contribution < -0.4 is 11.1 Å². The molecule has 1 aliphatic heterocycles. The van der Waals surface area contributed by atoms with Crippen LogP contribution in [-0.4, -0.2) is 55.2 Å². The molecule has 1 amide bonds. The van der Waals surface area contributed by atoms with Gasteiger partial charge in [0.2, 0.25) is 5.91 Å². The van der Waals surface area contributed by atoms with E-state index in [1.165, 1.54) is 0 Å². The van der Waals surface area contributed by atoms with Crippen molar-refractivity contribution in [2.24, 2.45) is 11.7 Å². The van der Waals surface area contributed by atoms with Gasteiger partial charge in [0.1, 0.15) is 0 Å². The number of amides is 1. The second kappa shape index (κ2) is 9.62. The molecule has 1 aliphatic rings. The maximum Gasteiger partial charge on any atom is 0.239 e. The van der Waals surface area contributed by atoms with Crippen molar-refractivity contribution in [1.82, 2.24) is 10.2 Å². The number of ether oxygens (including phenoxy) is 1. The summed E-state index contributed by atoms with van der Waals surface area (Å²) in [6, 6.07) is 0. The van der Waals surface area contributed by atoms with Crippen molar-refractivity contribution < 1.29 is 9.53 Å². The summed E-state index contributed by atoms with van der Waals surface area (Å²) in [5.41, 5.74) is 5.24. The zero-order chi connectivity index (χ0) is 15.2. The molecular formula is C15H32ClN3O2. The first-order valence-electron chi connectivity index (χ1n) is 7.76. The first kappa shape index (κ1) is 20.6. The molecule has 2 unspecified atom stereocenters. The van der Waals surface area contributed by atoms with Gasteiger partial charge in [0.25, 0.3) is 0 Å². The average molecular weight is 322 g/mol. The number of morpholine rings is 1. The molecule has 0 saturated carbocycles. The molecule has 0 radical (unpaired) electrons. The third-order valence-corrected chi connectivity index (χ3v) is 3.62. The first-order valence-corrected chi connectivity index (χ1v) is 7.76. The highest BCUT2D eigenvalue weighted by Crippen LogP contribution is 2.10. The van der Waals surface area contributed by atoms with Crippen molar-refractivity contribution >= 4 is 18.3 Å². The van der Waals surface area contributed by atoms with E-state index in [4.69, 9.17) is 10.5 Å². The predicted molar refractivity (Wildman–Crippen MR) is 88.8 cm³/mol. The summed E-state index contributed by atoms with van der Waals surface area (Å²) >= 11 is 0. The van der Waals surface area contributed by atoms with Crippen molar-refractivity contribution in [3.8, 4) is 0 Å². The molecule has 0 bridgehead atoms. The Morgan fingerprint density at radius 1 is 1.52 bits per heavy atom. The minimum absolute atomic E-state index is 0. The zero-order valence-corrected chi connectivity index (χ0v) is 14.7. The van der Waals surface area contributed by atoms with Gasteiger partial charge in [-0.05, 0) is 19.3 Å². The maximum atomic E-state index is 12.1. The standard InChI is InChI=1S/C15H31N3O2.ClH/c1-5-6-15(4,16)14(19)17-9-13-11-18(7-8-20-13)10-12(2)3;/h12-13H,5-11,16H2,1-4H3,(H,17,19);1H. The lowest BCUT2D eigenvalue weighted by Crippen LogP contribution is -2.55. The Morgan fingerprint density at radius 3 is 2.76 bits per heavy atom. The van der Waals surface area contributed by atoms with E-state index in [0.29, 0.717) is 18.9 Å². The summed E-state index contributed by atoms with van der Waals surface area (Å²) < 4.78 is 5.72. The SMILES string of the molecule is CCCC(C)(N)C(=O)NCC1CN(CC(C)C)CCO1.Cl. The third-order valence-electron chi connectivity index (χ3n) is 3.62. The smallest absolute Gasteiger partial charge is 0.239 e. The van der Waals surface area contributed by atoms with E-state index in [-0.39, 0.29) is 24.4 Å². The van der Waals surface area contributed by atoms with Gasteiger partial charge in [0, 0.05) is 26.2 Å². The first-order chi connectivity index (χ1) is 9.35. The van der Waals surface area contributed by atoms with Gasteiger partial charge in [-0.25, -0.2) is 0 Å². The molecule has 0 aromatic rings. The molecule has 21 heavy (non-hydrogen) atoms. The van der Waals surface area contributed by atoms with Crippen LogP contribution >= 0.6 is 12.4 Å². The summed E-state index contributed by atoms with van der Waals surface area (Å²) in [4.78, 5) is 14.5. The maximum absolute atomic E-state index is 12.1. The van der Waals surface area contributed by atoms with Crippen molar-refractivity contribution in [2.75, 3.05) is 32.8 Å². The summed E-state index contributed by atoms with van der Waals surface area (Å²) in [6.45, 7) is 12.5. The fourth-order valence-corrected chi connectivity index (χ4v) is 2.63. The number of halogens is 1. The largest absolute Gasteiger partial charge is 0.374 e. The van der Waals surface area contributed by atoms with Gasteiger partial charge in [-0.15, -0.1) is 12.4 Å². The van der Waals surface area contributed by atoms with E-state index in [0.717, 1.165) is 32.7 Å². The highest BCUT2D eigenvalue weighted by Gasteiger charge is 2.28. The van der Waals surface area contributed by atoms with Crippen LogP contribution in [0.4, 0.5) is 0 Å². The van der Waals surface area contributed by atoms with Gasteiger partial charge >= 0.3 is 0 Å². The van der Waals surface area contributed by atoms with Gasteiger partial charge in [-0.3, -0.25) is 9.69 Å². The van der Waals surface area contributed by atoms with Crippen molar-refractivity contribution in [2.45, 2.75) is 52.2 Å². The van der Waals surface area contributed by atoms with E-state index in [2.05, 4.69) is 24.1 Å². The van der Waals surface area contributed by atoms with Crippen LogP contribution in [0.3, 0.4) is 0 Å². The number of rotatable bonds is 7. The molecule has 1 heterocycles. The quantitative estimate of drug-likeness (QED) is 0.744. The molecule has 1 fully saturated rings. The molecule has 1 rings (SSSR count). The van der Waals surface area contributed by atoms with Crippen LogP contribution in [0.2, 0.25) is 0 Å². The highest BCUT2D eigenvalue weighted by atomic mass is 35.5. The summed E-state index contributed by atoms with van der Waals surface area (Å²) in [7, 11) is 0. The Hall–Kier alpha value is -0.360. The van der Waals surface area contributed by atoms with E-state index in [1.807, 2.05) is 6.92 Å². The van der Waals surface area contributed by atoms with Crippen molar-refractivity contribution in [1.29, 1.82) is 0 Å². The molecule has 126 valence electrons. The number of carbonyl (C=O) groups is 1. The topological polar surface area (TPSA) is 67.6 Å². The van der Waals surface area contributed by atoms with Gasteiger partial charge < -0.3 is 15.8 Å². The molecule has 1 saturated heterocycles. The minimum Gasteiger partial charge on any atom is -0.374 e. The number of nitrogens with zero attached hydrogens (tertiary/aromatic N) is 1. The van der Waals surface area contributed by atoms with E-state index < -0.39 is 5.54 Å². The van der Waals surface area contributed by atoms with Crippen LogP contribution in [0.15, 0.2) is 0 Å². The predicted octanol–water partition coefficient (Wildman–Crippen LogP) is 1.40. The van der Waals surface area contributed by atoms with Gasteiger partial charge in [-0.1, -0.05) is 27.2 Å². The molecule has 0 aliphatic carbocycles. The van der Waals surface area contributed by atoms with Gasteiger partial charge in [-0.2, -0.15) is 0 Å². The highest BCUT2D eigenvalue weighted by molar-refractivity contribution is 5.85. The molecule has 5 nitrogen and oxygen atoms in total. The Bertz CT molecular complexity index is 311. The second-order valence-corrected chi connectivity index (χ2v) is 6.52. The lowest BCUT2D eigenvalue weighted by molar-refractivity contribution is -0.127. The van der Waals surface area contributed by atoms with Crippen LogP contribution in [0.5, 0.6) is 0 Å². The van der Waals surface area contributed by atoms with Crippen LogP contribution in [0.1, 0.15) is 40.5 Å². The number of carbonyl (C=O) groups excluding carboxylic acids is 1. The molecule has 3 N–H and O–H groups in total. The molecule has 0 aromatic heterocycles. The lowest BCUT2D eigenvalue weighted by atomic mass is 9.96. The zero-order valence-electron chi connectivity index (χ0n) is 13.9. The van der Waals surface area contributed by atoms with Gasteiger partial charge in [0.05, 0.1) is 18.2 Å². The fourth-order valence-electron chi connectivity index (χ4n) is 2.63. The fraction of sp³-hybridized carbons (Fsp3) is 0.933. The Balaban J connectivity index is 0.00000400. The Labute approximate surface area is 135 Å². The van der Waals surface area contributed by atoms with E-state index >= 15 is 0 Å². The lowest BCUT2D eigenvalue weighted by Gasteiger charge is -2.34. The third kappa shape index (κ3) is 7.45. The molecule has 2 atom stereocenters. The van der Waals surface area contributed by atoms with Crippen LogP contribution in [0.25, 0.3) is 0 Å². The second-order valence-electron chi connectivity index (χ2n) is 6.52. The minimum atomic E-state index is -0.777. The Morgan fingerprint density at radius 2 is 2.19 bits per heavy atom. The summed E-state index contributed by atoms with van der Waals surface area (Å²) in [5, 5.41) is 2.94. The van der Waals surface area contributed by atoms with E-state index in [1.54, 1.807) is 6.92 Å². The normalized spacial score (nSPS) is 22.5. The number of nitrogens with two attached hydrogens (primary N) is 1. The van der Waals surface area contributed by atoms with Crippen molar-refractivity contribution in [3.63, 3.8) is 0 Å². The Kier molecular flexibility index (Phi) is 9.45. The summed E-state index contributed by atoms with van der Waals surface area (Å²) in [6.07, 6.45) is 1.68.